The molecule has 0 aliphatic rings. The SMILES string of the molecule is Cc1cc(=O)oc2cc(OC(C)c3nc(-c4cccs4)no3)c(Cl)cc12. The zero-order chi connectivity index (χ0) is 18.3. The van der Waals surface area contributed by atoms with E-state index in [4.69, 9.17) is 25.3 Å². The molecule has 0 amide bonds. The van der Waals surface area contributed by atoms with Crippen LogP contribution in [0.2, 0.25) is 5.02 Å². The molecule has 132 valence electrons. The summed E-state index contributed by atoms with van der Waals surface area (Å²) in [6.45, 7) is 3.60. The third kappa shape index (κ3) is 3.11. The van der Waals surface area contributed by atoms with Crippen LogP contribution in [0.5, 0.6) is 5.75 Å². The largest absolute Gasteiger partial charge is 0.479 e. The van der Waals surface area contributed by atoms with Gasteiger partial charge in [-0.25, -0.2) is 4.79 Å². The molecule has 0 N–H and O–H groups in total. The monoisotopic (exact) mass is 388 g/mol. The summed E-state index contributed by atoms with van der Waals surface area (Å²) in [5, 5.41) is 7.07. The van der Waals surface area contributed by atoms with Crippen molar-refractivity contribution in [1.29, 1.82) is 0 Å². The second-order valence-electron chi connectivity index (χ2n) is 5.72. The third-order valence-corrected chi connectivity index (χ3v) is 5.00. The maximum Gasteiger partial charge on any atom is 0.336 e. The lowest BCUT2D eigenvalue weighted by Crippen LogP contribution is -2.04. The summed E-state index contributed by atoms with van der Waals surface area (Å²) < 4.78 is 16.4. The maximum absolute atomic E-state index is 11.6. The summed E-state index contributed by atoms with van der Waals surface area (Å²) in [6, 6.07) is 8.56. The Morgan fingerprint density at radius 1 is 1.31 bits per heavy atom. The Labute approximate surface area is 157 Å². The van der Waals surface area contributed by atoms with Crippen molar-refractivity contribution in [3.8, 4) is 16.5 Å². The van der Waals surface area contributed by atoms with Gasteiger partial charge in [-0.1, -0.05) is 22.8 Å². The molecule has 1 aromatic carbocycles. The van der Waals surface area contributed by atoms with Gasteiger partial charge in [0.05, 0.1) is 9.90 Å². The summed E-state index contributed by atoms with van der Waals surface area (Å²) in [5.74, 6) is 1.21. The Morgan fingerprint density at radius 3 is 2.92 bits per heavy atom. The average molecular weight is 389 g/mol. The zero-order valence-corrected chi connectivity index (χ0v) is 15.4. The molecule has 1 atom stereocenters. The van der Waals surface area contributed by atoms with Gasteiger partial charge in [-0.05, 0) is 36.9 Å². The van der Waals surface area contributed by atoms with E-state index >= 15 is 0 Å². The highest BCUT2D eigenvalue weighted by Gasteiger charge is 2.19. The summed E-state index contributed by atoms with van der Waals surface area (Å²) in [4.78, 5) is 16.9. The molecule has 0 aliphatic carbocycles. The zero-order valence-electron chi connectivity index (χ0n) is 13.9. The van der Waals surface area contributed by atoms with E-state index < -0.39 is 11.7 Å². The van der Waals surface area contributed by atoms with Gasteiger partial charge >= 0.3 is 5.63 Å². The lowest BCUT2D eigenvalue weighted by molar-refractivity contribution is 0.176. The van der Waals surface area contributed by atoms with Gasteiger partial charge in [-0.2, -0.15) is 4.98 Å². The molecule has 0 spiro atoms. The molecule has 0 saturated carbocycles. The van der Waals surface area contributed by atoms with Crippen molar-refractivity contribution >= 4 is 33.9 Å². The van der Waals surface area contributed by atoms with Crippen LogP contribution in [-0.2, 0) is 0 Å². The van der Waals surface area contributed by atoms with E-state index in [0.29, 0.717) is 28.1 Å². The smallest absolute Gasteiger partial charge is 0.336 e. The van der Waals surface area contributed by atoms with Gasteiger partial charge in [-0.15, -0.1) is 11.3 Å². The van der Waals surface area contributed by atoms with Gasteiger partial charge in [-0.3, -0.25) is 0 Å². The standard InChI is InChI=1S/C18H13ClN2O4S/c1-9-6-16(22)24-13-8-14(12(19)7-11(9)13)23-10(2)18-20-17(21-25-18)15-4-3-5-26-15/h3-8,10H,1-2H3. The molecule has 0 bridgehead atoms. The van der Waals surface area contributed by atoms with Gasteiger partial charge in [0.15, 0.2) is 6.10 Å². The van der Waals surface area contributed by atoms with E-state index in [0.717, 1.165) is 15.8 Å². The number of nitrogens with zero attached hydrogens (tertiary/aromatic N) is 2. The van der Waals surface area contributed by atoms with E-state index in [1.165, 1.54) is 17.4 Å². The molecule has 1 unspecified atom stereocenters. The molecule has 6 nitrogen and oxygen atoms in total. The number of thiophene rings is 1. The first-order valence-electron chi connectivity index (χ1n) is 7.79. The van der Waals surface area contributed by atoms with Crippen LogP contribution >= 0.6 is 22.9 Å². The minimum absolute atomic E-state index is 0.329. The van der Waals surface area contributed by atoms with Crippen LogP contribution < -0.4 is 10.4 Å². The number of fused-ring (bicyclic) bond motifs is 1. The Hall–Kier alpha value is -2.64. The van der Waals surface area contributed by atoms with E-state index in [1.54, 1.807) is 19.1 Å². The topological polar surface area (TPSA) is 78.4 Å². The van der Waals surface area contributed by atoms with Crippen molar-refractivity contribution in [3.63, 3.8) is 0 Å². The van der Waals surface area contributed by atoms with Gasteiger partial charge < -0.3 is 13.7 Å². The minimum Gasteiger partial charge on any atom is -0.479 e. The Morgan fingerprint density at radius 2 is 2.15 bits per heavy atom. The first-order valence-corrected chi connectivity index (χ1v) is 9.05. The van der Waals surface area contributed by atoms with Gasteiger partial charge in [0.2, 0.25) is 5.82 Å². The second kappa shape index (κ2) is 6.59. The fraction of sp³-hybridized carbons (Fsp3) is 0.167. The number of rotatable bonds is 4. The molecule has 0 fully saturated rings. The highest BCUT2D eigenvalue weighted by molar-refractivity contribution is 7.13. The van der Waals surface area contributed by atoms with Crippen molar-refractivity contribution in [1.82, 2.24) is 10.1 Å². The number of ether oxygens (including phenoxy) is 1. The van der Waals surface area contributed by atoms with Crippen molar-refractivity contribution in [3.05, 3.63) is 62.6 Å². The molecule has 0 aliphatic heterocycles. The molecule has 8 heteroatoms. The highest BCUT2D eigenvalue weighted by Crippen LogP contribution is 2.34. The molecule has 4 aromatic rings. The Bertz CT molecular complexity index is 1130. The van der Waals surface area contributed by atoms with Crippen LogP contribution in [0.1, 0.15) is 24.5 Å². The maximum atomic E-state index is 11.6. The molecule has 3 heterocycles. The number of aryl methyl sites for hydroxylation is 1. The Balaban J connectivity index is 1.64. The van der Waals surface area contributed by atoms with Gasteiger partial charge in [0.25, 0.3) is 5.89 Å². The van der Waals surface area contributed by atoms with E-state index in [1.807, 2.05) is 24.4 Å². The molecular weight excluding hydrogens is 376 g/mol. The van der Waals surface area contributed by atoms with Crippen molar-refractivity contribution in [2.45, 2.75) is 20.0 Å². The van der Waals surface area contributed by atoms with Crippen LogP contribution in [-0.4, -0.2) is 10.1 Å². The van der Waals surface area contributed by atoms with Crippen molar-refractivity contribution in [2.24, 2.45) is 0 Å². The second-order valence-corrected chi connectivity index (χ2v) is 7.08. The number of hydrogen-bond acceptors (Lipinski definition) is 7. The van der Waals surface area contributed by atoms with E-state index in [-0.39, 0.29) is 0 Å². The summed E-state index contributed by atoms with van der Waals surface area (Å²) in [7, 11) is 0. The number of aromatic nitrogens is 2. The third-order valence-electron chi connectivity index (χ3n) is 3.84. The Kier molecular flexibility index (Phi) is 4.26. The molecule has 0 saturated heterocycles. The summed E-state index contributed by atoms with van der Waals surface area (Å²) in [5.41, 5.74) is 0.774. The summed E-state index contributed by atoms with van der Waals surface area (Å²) in [6.07, 6.45) is -0.525. The average Bonchev–Trinajstić information content (AvgIpc) is 3.27. The molecule has 0 radical (unpaired) electrons. The predicted octanol–water partition coefficient (Wildman–Crippen LogP) is 5.01. The van der Waals surface area contributed by atoms with Crippen molar-refractivity contribution in [2.75, 3.05) is 0 Å². The lowest BCUT2D eigenvalue weighted by atomic mass is 10.1. The van der Waals surface area contributed by atoms with Crippen LogP contribution in [0.3, 0.4) is 0 Å². The first kappa shape index (κ1) is 16.8. The van der Waals surface area contributed by atoms with Gasteiger partial charge in [0.1, 0.15) is 11.3 Å². The van der Waals surface area contributed by atoms with E-state index in [2.05, 4.69) is 10.1 Å². The van der Waals surface area contributed by atoms with Crippen LogP contribution in [0, 0.1) is 6.92 Å². The van der Waals surface area contributed by atoms with Gasteiger partial charge in [0, 0.05) is 17.5 Å². The fourth-order valence-electron chi connectivity index (χ4n) is 2.56. The quantitative estimate of drug-likeness (QED) is 0.457. The first-order chi connectivity index (χ1) is 12.5. The van der Waals surface area contributed by atoms with Crippen LogP contribution in [0.4, 0.5) is 0 Å². The number of benzene rings is 1. The number of hydrogen-bond donors (Lipinski definition) is 0. The highest BCUT2D eigenvalue weighted by atomic mass is 35.5. The normalized spacial score (nSPS) is 12.4. The van der Waals surface area contributed by atoms with Crippen molar-refractivity contribution < 1.29 is 13.7 Å². The molecule has 4 rings (SSSR count). The number of halogens is 1. The van der Waals surface area contributed by atoms with Crippen LogP contribution in [0.25, 0.3) is 21.7 Å². The summed E-state index contributed by atoms with van der Waals surface area (Å²) >= 11 is 7.85. The van der Waals surface area contributed by atoms with Crippen LogP contribution in [0.15, 0.2) is 49.4 Å². The molecule has 3 aromatic heterocycles. The van der Waals surface area contributed by atoms with E-state index in [9.17, 15) is 4.79 Å². The minimum atomic E-state index is -0.525. The molecule has 26 heavy (non-hydrogen) atoms. The predicted molar refractivity (Wildman–Crippen MR) is 98.9 cm³/mol. The fourth-order valence-corrected chi connectivity index (χ4v) is 3.41. The molecular formula is C18H13ClN2O4S. The lowest BCUT2D eigenvalue weighted by Gasteiger charge is -2.13.